The fraction of sp³-hybridized carbons (Fsp3) is 0.476. The van der Waals surface area contributed by atoms with Crippen LogP contribution < -0.4 is 15.0 Å². The summed E-state index contributed by atoms with van der Waals surface area (Å²) in [5.74, 6) is 0.697. The van der Waals surface area contributed by atoms with Crippen LogP contribution in [0.25, 0.3) is 0 Å². The lowest BCUT2D eigenvalue weighted by molar-refractivity contribution is -0.117. The first-order valence-corrected chi connectivity index (χ1v) is 9.85. The summed E-state index contributed by atoms with van der Waals surface area (Å²) < 4.78 is 5.25. The zero-order valence-electron chi connectivity index (χ0n) is 17.1. The maximum absolute atomic E-state index is 13.0. The Hall–Kier alpha value is -3.03. The van der Waals surface area contributed by atoms with Gasteiger partial charge in [-0.15, -0.1) is 0 Å². The first-order chi connectivity index (χ1) is 13.8. The standard InChI is InChI=1S/C21H27N5O3/c1-21(2)9-18-14(10-22-24-18)11-25(13-21)20(28)23-15-7-19(27)26(12-15)16-5-4-6-17(8-16)29-3/h4-6,8,10,15H,7,9,11-13H2,1-3H3,(H,22,24)(H,23,28). The molecule has 1 aromatic heterocycles. The van der Waals surface area contributed by atoms with Crippen LogP contribution >= 0.6 is 0 Å². The molecule has 2 aliphatic rings. The normalized spacial score (nSPS) is 20.9. The number of carbonyl (C=O) groups is 2. The molecule has 1 saturated heterocycles. The predicted octanol–water partition coefficient (Wildman–Crippen LogP) is 2.32. The number of fused-ring (bicyclic) bond motifs is 1. The molecule has 0 saturated carbocycles. The van der Waals surface area contributed by atoms with Crippen LogP contribution in [0.5, 0.6) is 5.75 Å². The summed E-state index contributed by atoms with van der Waals surface area (Å²) in [5.41, 5.74) is 2.86. The molecule has 3 amide bonds. The Morgan fingerprint density at radius 1 is 1.38 bits per heavy atom. The first kappa shape index (κ1) is 19.3. The van der Waals surface area contributed by atoms with E-state index in [4.69, 9.17) is 4.74 Å². The Kier molecular flexibility index (Phi) is 4.94. The molecule has 154 valence electrons. The van der Waals surface area contributed by atoms with Crippen molar-refractivity contribution in [1.82, 2.24) is 20.4 Å². The number of H-pyrrole nitrogens is 1. The van der Waals surface area contributed by atoms with Crippen molar-refractivity contribution in [3.63, 3.8) is 0 Å². The molecule has 3 heterocycles. The summed E-state index contributed by atoms with van der Waals surface area (Å²) >= 11 is 0. The van der Waals surface area contributed by atoms with Gasteiger partial charge in [0.15, 0.2) is 0 Å². The fourth-order valence-electron chi connectivity index (χ4n) is 4.18. The van der Waals surface area contributed by atoms with Crippen LogP contribution in [0.1, 0.15) is 31.5 Å². The van der Waals surface area contributed by atoms with Crippen molar-refractivity contribution in [2.24, 2.45) is 5.41 Å². The van der Waals surface area contributed by atoms with Gasteiger partial charge < -0.3 is 19.9 Å². The number of carbonyl (C=O) groups excluding carboxylic acids is 2. The summed E-state index contributed by atoms with van der Waals surface area (Å²) in [5, 5.41) is 10.2. The number of aromatic amines is 1. The van der Waals surface area contributed by atoms with Gasteiger partial charge in [0.05, 0.1) is 25.9 Å². The number of anilines is 1. The van der Waals surface area contributed by atoms with Crippen LogP contribution in [0.2, 0.25) is 0 Å². The number of methoxy groups -OCH3 is 1. The summed E-state index contributed by atoms with van der Waals surface area (Å²) in [4.78, 5) is 29.1. The Morgan fingerprint density at radius 3 is 3.00 bits per heavy atom. The molecule has 2 N–H and O–H groups in total. The Morgan fingerprint density at radius 2 is 2.21 bits per heavy atom. The first-order valence-electron chi connectivity index (χ1n) is 9.85. The van der Waals surface area contributed by atoms with Gasteiger partial charge in [-0.2, -0.15) is 5.10 Å². The Labute approximate surface area is 170 Å². The lowest BCUT2D eigenvalue weighted by Gasteiger charge is -2.30. The summed E-state index contributed by atoms with van der Waals surface area (Å²) in [7, 11) is 1.60. The van der Waals surface area contributed by atoms with Gasteiger partial charge >= 0.3 is 6.03 Å². The molecule has 0 bridgehead atoms. The van der Waals surface area contributed by atoms with E-state index >= 15 is 0 Å². The number of ether oxygens (including phenoxy) is 1. The van der Waals surface area contributed by atoms with Crippen molar-refractivity contribution in [1.29, 1.82) is 0 Å². The Bertz CT molecular complexity index is 923. The zero-order chi connectivity index (χ0) is 20.6. The van der Waals surface area contributed by atoms with E-state index in [2.05, 4.69) is 29.4 Å². The number of aromatic nitrogens is 2. The highest BCUT2D eigenvalue weighted by Gasteiger charge is 2.35. The van der Waals surface area contributed by atoms with E-state index in [0.717, 1.165) is 23.4 Å². The minimum Gasteiger partial charge on any atom is -0.497 e. The molecule has 0 aliphatic carbocycles. The number of amides is 3. The van der Waals surface area contributed by atoms with Crippen LogP contribution in [0.3, 0.4) is 0 Å². The van der Waals surface area contributed by atoms with Crippen molar-refractivity contribution in [3.8, 4) is 5.75 Å². The van der Waals surface area contributed by atoms with Gasteiger partial charge in [0.25, 0.3) is 0 Å². The van der Waals surface area contributed by atoms with E-state index in [1.54, 1.807) is 18.2 Å². The Balaban J connectivity index is 1.44. The summed E-state index contributed by atoms with van der Waals surface area (Å²) in [6.07, 6.45) is 2.93. The highest BCUT2D eigenvalue weighted by Crippen LogP contribution is 2.29. The van der Waals surface area contributed by atoms with Gasteiger partial charge in [-0.05, 0) is 24.0 Å². The monoisotopic (exact) mass is 397 g/mol. The van der Waals surface area contributed by atoms with Crippen molar-refractivity contribution < 1.29 is 14.3 Å². The SMILES string of the molecule is COc1cccc(N2CC(NC(=O)N3Cc4cn[nH]c4CC(C)(C)C3)CC2=O)c1. The maximum Gasteiger partial charge on any atom is 0.318 e. The largest absolute Gasteiger partial charge is 0.497 e. The minimum absolute atomic E-state index is 0.00290. The lowest BCUT2D eigenvalue weighted by atomic mass is 9.88. The van der Waals surface area contributed by atoms with Crippen LogP contribution in [-0.2, 0) is 17.8 Å². The van der Waals surface area contributed by atoms with Crippen molar-refractivity contribution in [3.05, 3.63) is 41.7 Å². The minimum atomic E-state index is -0.226. The molecule has 1 unspecified atom stereocenters. The molecular weight excluding hydrogens is 370 g/mol. The number of benzene rings is 1. The molecule has 0 spiro atoms. The topological polar surface area (TPSA) is 90.6 Å². The molecule has 1 fully saturated rings. The van der Waals surface area contributed by atoms with Gasteiger partial charge in [-0.3, -0.25) is 9.89 Å². The average Bonchev–Trinajstić information content (AvgIpc) is 3.23. The highest BCUT2D eigenvalue weighted by molar-refractivity contribution is 5.97. The number of urea groups is 1. The van der Waals surface area contributed by atoms with Gasteiger partial charge in [0.2, 0.25) is 5.91 Å². The zero-order valence-corrected chi connectivity index (χ0v) is 17.1. The van der Waals surface area contributed by atoms with E-state index in [0.29, 0.717) is 25.4 Å². The van der Waals surface area contributed by atoms with E-state index in [9.17, 15) is 9.59 Å². The fourth-order valence-corrected chi connectivity index (χ4v) is 4.18. The molecular formula is C21H27N5O3. The third-order valence-corrected chi connectivity index (χ3v) is 5.55. The van der Waals surface area contributed by atoms with Crippen LogP contribution in [0, 0.1) is 5.41 Å². The van der Waals surface area contributed by atoms with Gasteiger partial charge in [0, 0.05) is 42.5 Å². The molecule has 29 heavy (non-hydrogen) atoms. The predicted molar refractivity (Wildman–Crippen MR) is 109 cm³/mol. The second-order valence-electron chi connectivity index (χ2n) is 8.63. The summed E-state index contributed by atoms with van der Waals surface area (Å²) in [6.45, 7) is 5.90. The molecule has 2 aromatic rings. The third kappa shape index (κ3) is 4.06. The molecule has 0 radical (unpaired) electrons. The quantitative estimate of drug-likeness (QED) is 0.832. The number of rotatable bonds is 3. The highest BCUT2D eigenvalue weighted by atomic mass is 16.5. The maximum atomic E-state index is 13.0. The van der Waals surface area contributed by atoms with E-state index in [1.807, 2.05) is 29.2 Å². The van der Waals surface area contributed by atoms with Crippen LogP contribution in [0.4, 0.5) is 10.5 Å². The second-order valence-corrected chi connectivity index (χ2v) is 8.63. The second kappa shape index (κ2) is 7.42. The van der Waals surface area contributed by atoms with Gasteiger partial charge in [-0.1, -0.05) is 19.9 Å². The van der Waals surface area contributed by atoms with E-state index in [-0.39, 0.29) is 29.8 Å². The molecule has 8 heteroatoms. The third-order valence-electron chi connectivity index (χ3n) is 5.55. The number of hydrogen-bond donors (Lipinski definition) is 2. The van der Waals surface area contributed by atoms with Crippen LogP contribution in [0.15, 0.2) is 30.5 Å². The average molecular weight is 397 g/mol. The number of hydrogen-bond acceptors (Lipinski definition) is 4. The van der Waals surface area contributed by atoms with E-state index in [1.165, 1.54) is 0 Å². The molecule has 1 atom stereocenters. The number of nitrogens with zero attached hydrogens (tertiary/aromatic N) is 3. The van der Waals surface area contributed by atoms with Gasteiger partial charge in [0.1, 0.15) is 5.75 Å². The van der Waals surface area contributed by atoms with Crippen LogP contribution in [-0.4, -0.2) is 53.3 Å². The van der Waals surface area contributed by atoms with E-state index < -0.39 is 0 Å². The lowest BCUT2D eigenvalue weighted by Crippen LogP contribution is -2.47. The molecule has 4 rings (SSSR count). The van der Waals surface area contributed by atoms with Crippen molar-refractivity contribution in [2.75, 3.05) is 25.1 Å². The van der Waals surface area contributed by atoms with Gasteiger partial charge in [-0.25, -0.2) is 4.79 Å². The molecule has 1 aromatic carbocycles. The molecule has 8 nitrogen and oxygen atoms in total. The van der Waals surface area contributed by atoms with Crippen molar-refractivity contribution >= 4 is 17.6 Å². The summed E-state index contributed by atoms with van der Waals surface area (Å²) in [6, 6.07) is 7.04. The smallest absolute Gasteiger partial charge is 0.318 e. The van der Waals surface area contributed by atoms with Crippen molar-refractivity contribution in [2.45, 2.75) is 39.3 Å². The number of nitrogens with one attached hydrogen (secondary N) is 2. The molecule has 2 aliphatic heterocycles.